The Labute approximate surface area is 99.7 Å². The van der Waals surface area contributed by atoms with Crippen molar-refractivity contribution in [1.29, 1.82) is 0 Å². The lowest BCUT2D eigenvalue weighted by molar-refractivity contribution is 0.0696. The topological polar surface area (TPSA) is 73.7 Å². The number of nitrogens with zero attached hydrogens (tertiary/aromatic N) is 2. The number of aliphatic hydroxyl groups excluding tert-OH is 1. The van der Waals surface area contributed by atoms with Crippen LogP contribution in [0.5, 0.6) is 0 Å². The summed E-state index contributed by atoms with van der Waals surface area (Å²) in [6.45, 7) is 3.43. The minimum Gasteiger partial charge on any atom is -0.478 e. The Kier molecular flexibility index (Phi) is 3.28. The molecule has 2 heterocycles. The monoisotopic (exact) mass is 236 g/mol. The summed E-state index contributed by atoms with van der Waals surface area (Å²) in [6, 6.07) is 3.22. The van der Waals surface area contributed by atoms with Gasteiger partial charge in [0, 0.05) is 19.3 Å². The van der Waals surface area contributed by atoms with E-state index in [9.17, 15) is 9.90 Å². The zero-order valence-electron chi connectivity index (χ0n) is 9.71. The Morgan fingerprint density at radius 3 is 2.82 bits per heavy atom. The quantitative estimate of drug-likeness (QED) is 0.801. The maximum atomic E-state index is 10.7. The van der Waals surface area contributed by atoms with E-state index in [1.807, 2.05) is 11.8 Å². The van der Waals surface area contributed by atoms with Gasteiger partial charge in [-0.3, -0.25) is 0 Å². The minimum absolute atomic E-state index is 0.180. The highest BCUT2D eigenvalue weighted by Crippen LogP contribution is 2.21. The molecule has 17 heavy (non-hydrogen) atoms. The van der Waals surface area contributed by atoms with Crippen molar-refractivity contribution in [3.8, 4) is 0 Å². The molecule has 1 fully saturated rings. The zero-order valence-corrected chi connectivity index (χ0v) is 9.71. The third kappa shape index (κ3) is 2.55. The molecule has 1 aliphatic heterocycles. The summed E-state index contributed by atoms with van der Waals surface area (Å²) in [5.41, 5.74) is 0.180. The number of piperidine rings is 1. The van der Waals surface area contributed by atoms with Gasteiger partial charge in [0.15, 0.2) is 0 Å². The van der Waals surface area contributed by atoms with Crippen LogP contribution in [-0.4, -0.2) is 40.4 Å². The van der Waals surface area contributed by atoms with Crippen molar-refractivity contribution in [3.63, 3.8) is 0 Å². The summed E-state index contributed by atoms with van der Waals surface area (Å²) in [4.78, 5) is 16.8. The van der Waals surface area contributed by atoms with Gasteiger partial charge in [0.1, 0.15) is 5.82 Å². The molecule has 0 amide bonds. The predicted molar refractivity (Wildman–Crippen MR) is 63.2 cm³/mol. The third-order valence-corrected chi connectivity index (χ3v) is 3.24. The van der Waals surface area contributed by atoms with Crippen molar-refractivity contribution in [2.45, 2.75) is 19.4 Å². The fraction of sp³-hybridized carbons (Fsp3) is 0.500. The lowest BCUT2D eigenvalue weighted by Crippen LogP contribution is -2.43. The van der Waals surface area contributed by atoms with Crippen LogP contribution in [0.1, 0.15) is 23.7 Å². The predicted octanol–water partition coefficient (Wildman–Crippen LogP) is 0.987. The van der Waals surface area contributed by atoms with E-state index >= 15 is 0 Å². The second-order valence-corrected chi connectivity index (χ2v) is 4.49. The number of carbonyl (C=O) groups is 1. The first-order chi connectivity index (χ1) is 8.08. The number of aromatic nitrogens is 1. The molecule has 2 unspecified atom stereocenters. The summed E-state index contributed by atoms with van der Waals surface area (Å²) < 4.78 is 0. The van der Waals surface area contributed by atoms with Crippen LogP contribution in [-0.2, 0) is 0 Å². The molecule has 0 bridgehead atoms. The van der Waals surface area contributed by atoms with Crippen LogP contribution in [0.2, 0.25) is 0 Å². The summed E-state index contributed by atoms with van der Waals surface area (Å²) in [5.74, 6) is 0.0573. The Morgan fingerprint density at radius 1 is 1.53 bits per heavy atom. The Bertz CT molecular complexity index is 405. The average molecular weight is 236 g/mol. The molecule has 5 nitrogen and oxygen atoms in total. The van der Waals surface area contributed by atoms with Gasteiger partial charge in [-0.1, -0.05) is 6.92 Å². The first-order valence-corrected chi connectivity index (χ1v) is 5.70. The van der Waals surface area contributed by atoms with Gasteiger partial charge in [-0.2, -0.15) is 0 Å². The van der Waals surface area contributed by atoms with Crippen LogP contribution < -0.4 is 4.90 Å². The molecule has 0 aliphatic carbocycles. The first kappa shape index (κ1) is 11.9. The molecule has 5 heteroatoms. The number of anilines is 1. The highest BCUT2D eigenvalue weighted by molar-refractivity contribution is 5.87. The zero-order chi connectivity index (χ0) is 12.4. The largest absolute Gasteiger partial charge is 0.478 e. The molecule has 2 N–H and O–H groups in total. The van der Waals surface area contributed by atoms with E-state index in [1.54, 1.807) is 6.07 Å². The molecule has 0 spiro atoms. The molecule has 1 aromatic rings. The van der Waals surface area contributed by atoms with E-state index in [2.05, 4.69) is 4.98 Å². The second kappa shape index (κ2) is 4.71. The second-order valence-electron chi connectivity index (χ2n) is 4.49. The van der Waals surface area contributed by atoms with E-state index in [4.69, 9.17) is 5.11 Å². The molecule has 0 radical (unpaired) electrons. The van der Waals surface area contributed by atoms with Gasteiger partial charge < -0.3 is 15.1 Å². The Morgan fingerprint density at radius 2 is 2.29 bits per heavy atom. The maximum Gasteiger partial charge on any atom is 0.337 e. The van der Waals surface area contributed by atoms with Gasteiger partial charge in [0.2, 0.25) is 0 Å². The van der Waals surface area contributed by atoms with E-state index in [-0.39, 0.29) is 11.7 Å². The number of carboxylic acid groups (broad SMARTS) is 1. The lowest BCUT2D eigenvalue weighted by Gasteiger charge is -2.35. The van der Waals surface area contributed by atoms with Crippen LogP contribution in [0.3, 0.4) is 0 Å². The highest BCUT2D eigenvalue weighted by atomic mass is 16.4. The molecule has 92 valence electrons. The van der Waals surface area contributed by atoms with Gasteiger partial charge in [-0.25, -0.2) is 9.78 Å². The number of carboxylic acids is 1. The standard InChI is InChI=1S/C12H16N2O3/c1-8-4-5-14(7-10(8)15)11-3-2-9(6-13-11)12(16)17/h2-3,6,8,10,15H,4-5,7H2,1H3,(H,16,17). The normalized spacial score (nSPS) is 24.7. The molecule has 1 aliphatic rings. The molecule has 2 atom stereocenters. The molecule has 0 saturated carbocycles. The minimum atomic E-state index is -0.976. The lowest BCUT2D eigenvalue weighted by atomic mass is 9.96. The van der Waals surface area contributed by atoms with Crippen LogP contribution in [0.15, 0.2) is 18.3 Å². The number of aliphatic hydroxyl groups is 1. The smallest absolute Gasteiger partial charge is 0.337 e. The van der Waals surface area contributed by atoms with E-state index in [0.717, 1.165) is 18.8 Å². The molecular formula is C12H16N2O3. The molecule has 1 saturated heterocycles. The Hall–Kier alpha value is -1.62. The molecular weight excluding hydrogens is 220 g/mol. The van der Waals surface area contributed by atoms with Gasteiger partial charge in [0.25, 0.3) is 0 Å². The average Bonchev–Trinajstić information content (AvgIpc) is 2.33. The van der Waals surface area contributed by atoms with Gasteiger partial charge in [0.05, 0.1) is 11.7 Å². The van der Waals surface area contributed by atoms with Crippen molar-refractivity contribution in [1.82, 2.24) is 4.98 Å². The molecule has 0 aromatic carbocycles. The Balaban J connectivity index is 2.10. The van der Waals surface area contributed by atoms with Crippen molar-refractivity contribution in [3.05, 3.63) is 23.9 Å². The molecule has 1 aromatic heterocycles. The molecule has 2 rings (SSSR count). The number of aromatic carboxylic acids is 1. The number of hydrogen-bond acceptors (Lipinski definition) is 4. The van der Waals surface area contributed by atoms with Crippen LogP contribution in [0.25, 0.3) is 0 Å². The maximum absolute atomic E-state index is 10.7. The first-order valence-electron chi connectivity index (χ1n) is 5.70. The van der Waals surface area contributed by atoms with Gasteiger partial charge in [-0.15, -0.1) is 0 Å². The SMILES string of the molecule is CC1CCN(c2ccc(C(=O)O)cn2)CC1O. The van der Waals surface area contributed by atoms with Gasteiger partial charge >= 0.3 is 5.97 Å². The summed E-state index contributed by atoms with van der Waals surface area (Å²) in [7, 11) is 0. The van der Waals surface area contributed by atoms with Crippen molar-refractivity contribution in [2.75, 3.05) is 18.0 Å². The van der Waals surface area contributed by atoms with Crippen LogP contribution in [0.4, 0.5) is 5.82 Å². The van der Waals surface area contributed by atoms with Crippen molar-refractivity contribution < 1.29 is 15.0 Å². The number of hydrogen-bond donors (Lipinski definition) is 2. The van der Waals surface area contributed by atoms with E-state index < -0.39 is 5.97 Å². The fourth-order valence-electron chi connectivity index (χ4n) is 1.96. The van der Waals surface area contributed by atoms with Crippen LogP contribution in [0, 0.1) is 5.92 Å². The van der Waals surface area contributed by atoms with Crippen molar-refractivity contribution in [2.24, 2.45) is 5.92 Å². The van der Waals surface area contributed by atoms with E-state index in [0.29, 0.717) is 12.5 Å². The fourth-order valence-corrected chi connectivity index (χ4v) is 1.96. The summed E-state index contributed by atoms with van der Waals surface area (Å²) in [6.07, 6.45) is 1.93. The number of pyridine rings is 1. The third-order valence-electron chi connectivity index (χ3n) is 3.24. The van der Waals surface area contributed by atoms with Crippen LogP contribution >= 0.6 is 0 Å². The van der Waals surface area contributed by atoms with Crippen molar-refractivity contribution >= 4 is 11.8 Å². The summed E-state index contributed by atoms with van der Waals surface area (Å²) >= 11 is 0. The number of β-amino-alcohol motifs (C(OH)–C–C–N with tert-alkyl or cyclic N) is 1. The van der Waals surface area contributed by atoms with Gasteiger partial charge in [-0.05, 0) is 24.5 Å². The highest BCUT2D eigenvalue weighted by Gasteiger charge is 2.24. The van der Waals surface area contributed by atoms with E-state index in [1.165, 1.54) is 12.3 Å². The summed E-state index contributed by atoms with van der Waals surface area (Å²) in [5, 5.41) is 18.6. The number of rotatable bonds is 2.